The molecule has 0 radical (unpaired) electrons. The summed E-state index contributed by atoms with van der Waals surface area (Å²) in [6.45, 7) is 4.25. The van der Waals surface area contributed by atoms with Gasteiger partial charge in [0.25, 0.3) is 0 Å². The standard InChI is InChI=1S/C24H32N4/c25-24(27-23-12-6-10-21-9-4-5-11-22(21)23)26-17-20-14-16-28(18-20)15-13-19-7-2-1-3-8-19/h1-3,6-8,10,12,20H,4-5,9,11,13-18H2,(H3,25,26,27). The van der Waals surface area contributed by atoms with Crippen LogP contribution in [0.25, 0.3) is 0 Å². The van der Waals surface area contributed by atoms with Crippen LogP contribution in [0.1, 0.15) is 36.0 Å². The first-order valence-electron chi connectivity index (χ1n) is 10.7. The molecule has 1 heterocycles. The van der Waals surface area contributed by atoms with Crippen molar-refractivity contribution in [3.05, 3.63) is 65.2 Å². The summed E-state index contributed by atoms with van der Waals surface area (Å²) < 4.78 is 0. The lowest BCUT2D eigenvalue weighted by atomic mass is 9.90. The highest BCUT2D eigenvalue weighted by Gasteiger charge is 2.22. The lowest BCUT2D eigenvalue weighted by Crippen LogP contribution is -2.26. The second-order valence-corrected chi connectivity index (χ2v) is 8.19. The Hall–Kier alpha value is -2.33. The number of nitrogens with two attached hydrogens (primary N) is 1. The molecule has 2 aromatic rings. The Morgan fingerprint density at radius 1 is 1.07 bits per heavy atom. The van der Waals surface area contributed by atoms with Crippen LogP contribution < -0.4 is 11.1 Å². The smallest absolute Gasteiger partial charge is 0.193 e. The average Bonchev–Trinajstić information content (AvgIpc) is 3.20. The van der Waals surface area contributed by atoms with E-state index in [1.807, 2.05) is 0 Å². The third kappa shape index (κ3) is 4.93. The third-order valence-corrected chi connectivity index (χ3v) is 6.11. The number of aliphatic imine (C=N–C) groups is 1. The number of guanidine groups is 1. The molecule has 4 heteroatoms. The van der Waals surface area contributed by atoms with Crippen molar-refractivity contribution in [2.75, 3.05) is 31.5 Å². The number of anilines is 1. The topological polar surface area (TPSA) is 53.6 Å². The van der Waals surface area contributed by atoms with Crippen molar-refractivity contribution in [1.29, 1.82) is 0 Å². The average molecular weight is 377 g/mol. The van der Waals surface area contributed by atoms with Crippen molar-refractivity contribution in [1.82, 2.24) is 4.90 Å². The Labute approximate surface area is 168 Å². The van der Waals surface area contributed by atoms with Gasteiger partial charge in [0.1, 0.15) is 0 Å². The predicted octanol–water partition coefficient (Wildman–Crippen LogP) is 3.86. The second kappa shape index (κ2) is 9.24. The van der Waals surface area contributed by atoms with Crippen molar-refractivity contribution in [3.63, 3.8) is 0 Å². The maximum Gasteiger partial charge on any atom is 0.193 e. The fourth-order valence-corrected chi connectivity index (χ4v) is 4.50. The minimum atomic E-state index is 0.557. The number of benzene rings is 2. The van der Waals surface area contributed by atoms with Gasteiger partial charge in [0, 0.05) is 25.3 Å². The molecule has 0 bridgehead atoms. The van der Waals surface area contributed by atoms with Crippen LogP contribution in [0.2, 0.25) is 0 Å². The molecule has 1 atom stereocenters. The molecule has 1 aliphatic heterocycles. The molecule has 148 valence electrons. The zero-order valence-electron chi connectivity index (χ0n) is 16.7. The highest BCUT2D eigenvalue weighted by atomic mass is 15.2. The molecule has 2 aliphatic rings. The molecule has 1 aliphatic carbocycles. The quantitative estimate of drug-likeness (QED) is 0.595. The summed E-state index contributed by atoms with van der Waals surface area (Å²) in [6, 6.07) is 17.3. The number of nitrogens with zero attached hydrogens (tertiary/aromatic N) is 2. The van der Waals surface area contributed by atoms with Gasteiger partial charge in [-0.05, 0) is 73.7 Å². The molecule has 0 saturated carbocycles. The fourth-order valence-electron chi connectivity index (χ4n) is 4.50. The van der Waals surface area contributed by atoms with Crippen LogP contribution in [0.4, 0.5) is 5.69 Å². The molecule has 28 heavy (non-hydrogen) atoms. The van der Waals surface area contributed by atoms with Gasteiger partial charge < -0.3 is 16.0 Å². The van der Waals surface area contributed by atoms with E-state index >= 15 is 0 Å². The summed E-state index contributed by atoms with van der Waals surface area (Å²) in [6.07, 6.45) is 7.23. The SMILES string of the molecule is NC(=NCC1CCN(CCc2ccccc2)C1)Nc1cccc2c1CCCC2. The van der Waals surface area contributed by atoms with Crippen LogP contribution in [0.3, 0.4) is 0 Å². The van der Waals surface area contributed by atoms with E-state index in [0.717, 1.165) is 38.2 Å². The Bertz CT molecular complexity index is 800. The highest BCUT2D eigenvalue weighted by molar-refractivity contribution is 5.93. The van der Waals surface area contributed by atoms with Gasteiger partial charge in [-0.15, -0.1) is 0 Å². The van der Waals surface area contributed by atoms with Crippen LogP contribution >= 0.6 is 0 Å². The minimum Gasteiger partial charge on any atom is -0.370 e. The molecule has 1 saturated heterocycles. The van der Waals surface area contributed by atoms with Crippen LogP contribution in [0.15, 0.2) is 53.5 Å². The van der Waals surface area contributed by atoms with E-state index in [2.05, 4.69) is 63.7 Å². The van der Waals surface area contributed by atoms with E-state index < -0.39 is 0 Å². The molecule has 2 aromatic carbocycles. The van der Waals surface area contributed by atoms with Crippen LogP contribution in [0, 0.1) is 5.92 Å². The van der Waals surface area contributed by atoms with Gasteiger partial charge in [-0.3, -0.25) is 4.99 Å². The summed E-state index contributed by atoms with van der Waals surface area (Å²) in [4.78, 5) is 7.22. The third-order valence-electron chi connectivity index (χ3n) is 6.11. The second-order valence-electron chi connectivity index (χ2n) is 8.19. The van der Waals surface area contributed by atoms with E-state index in [4.69, 9.17) is 5.73 Å². The van der Waals surface area contributed by atoms with Gasteiger partial charge in [0.15, 0.2) is 5.96 Å². The molecule has 3 N–H and O–H groups in total. The van der Waals surface area contributed by atoms with Crippen molar-refractivity contribution >= 4 is 11.6 Å². The fraction of sp³-hybridized carbons (Fsp3) is 0.458. The molecule has 0 amide bonds. The molecular formula is C24H32N4. The van der Waals surface area contributed by atoms with Gasteiger partial charge in [-0.1, -0.05) is 42.5 Å². The predicted molar refractivity (Wildman–Crippen MR) is 118 cm³/mol. The van der Waals surface area contributed by atoms with Crippen molar-refractivity contribution in [2.45, 2.75) is 38.5 Å². The molecule has 0 aromatic heterocycles. The maximum absolute atomic E-state index is 6.21. The van der Waals surface area contributed by atoms with Crippen molar-refractivity contribution in [3.8, 4) is 0 Å². The van der Waals surface area contributed by atoms with E-state index in [1.54, 1.807) is 0 Å². The number of fused-ring (bicyclic) bond motifs is 1. The molecular weight excluding hydrogens is 344 g/mol. The highest BCUT2D eigenvalue weighted by Crippen LogP contribution is 2.27. The van der Waals surface area contributed by atoms with Crippen LogP contribution in [0.5, 0.6) is 0 Å². The number of hydrogen-bond donors (Lipinski definition) is 2. The van der Waals surface area contributed by atoms with Gasteiger partial charge in [0.2, 0.25) is 0 Å². The van der Waals surface area contributed by atoms with Crippen molar-refractivity contribution in [2.24, 2.45) is 16.6 Å². The first kappa shape index (κ1) is 19.0. The largest absolute Gasteiger partial charge is 0.370 e. The van der Waals surface area contributed by atoms with E-state index in [9.17, 15) is 0 Å². The Kier molecular flexibility index (Phi) is 6.27. The number of nitrogens with one attached hydrogen (secondary N) is 1. The zero-order chi connectivity index (χ0) is 19.2. The number of likely N-dealkylation sites (tertiary alicyclic amines) is 1. The summed E-state index contributed by atoms with van der Waals surface area (Å²) in [7, 11) is 0. The zero-order valence-corrected chi connectivity index (χ0v) is 16.7. The molecule has 4 nitrogen and oxygen atoms in total. The summed E-state index contributed by atoms with van der Waals surface area (Å²) in [5, 5.41) is 3.37. The lowest BCUT2D eigenvalue weighted by Gasteiger charge is -2.20. The summed E-state index contributed by atoms with van der Waals surface area (Å²) in [5.74, 6) is 1.17. The van der Waals surface area contributed by atoms with Gasteiger partial charge in [-0.2, -0.15) is 0 Å². The monoisotopic (exact) mass is 376 g/mol. The lowest BCUT2D eigenvalue weighted by molar-refractivity contribution is 0.330. The summed E-state index contributed by atoms with van der Waals surface area (Å²) in [5.41, 5.74) is 11.7. The Morgan fingerprint density at radius 3 is 2.82 bits per heavy atom. The minimum absolute atomic E-state index is 0.557. The molecule has 0 spiro atoms. The van der Waals surface area contributed by atoms with Gasteiger partial charge in [-0.25, -0.2) is 0 Å². The van der Waals surface area contributed by atoms with Gasteiger partial charge in [0.05, 0.1) is 0 Å². The van der Waals surface area contributed by atoms with E-state index in [-0.39, 0.29) is 0 Å². The number of rotatable bonds is 6. The van der Waals surface area contributed by atoms with Gasteiger partial charge >= 0.3 is 0 Å². The summed E-state index contributed by atoms with van der Waals surface area (Å²) >= 11 is 0. The van der Waals surface area contributed by atoms with Crippen LogP contribution in [-0.2, 0) is 19.3 Å². The number of aryl methyl sites for hydroxylation is 1. The Morgan fingerprint density at radius 2 is 1.93 bits per heavy atom. The van der Waals surface area contributed by atoms with E-state index in [1.165, 1.54) is 48.9 Å². The maximum atomic E-state index is 6.21. The molecule has 1 fully saturated rings. The van der Waals surface area contributed by atoms with Crippen molar-refractivity contribution < 1.29 is 0 Å². The number of hydrogen-bond acceptors (Lipinski definition) is 2. The van der Waals surface area contributed by atoms with Crippen LogP contribution in [-0.4, -0.2) is 37.0 Å². The normalized spacial score (nSPS) is 20.1. The first-order chi connectivity index (χ1) is 13.8. The van der Waals surface area contributed by atoms with E-state index in [0.29, 0.717) is 11.9 Å². The first-order valence-corrected chi connectivity index (χ1v) is 10.7. The Balaban J connectivity index is 1.25. The molecule has 4 rings (SSSR count). The molecule has 1 unspecified atom stereocenters.